The van der Waals surface area contributed by atoms with Crippen molar-refractivity contribution in [3.63, 3.8) is 0 Å². The van der Waals surface area contributed by atoms with E-state index in [1.165, 1.54) is 12.1 Å². The summed E-state index contributed by atoms with van der Waals surface area (Å²) < 4.78 is 9.72. The number of nitrogens with one attached hydrogen (secondary N) is 1. The van der Waals surface area contributed by atoms with E-state index in [9.17, 15) is 9.59 Å². The minimum atomic E-state index is -1.22. The van der Waals surface area contributed by atoms with Gasteiger partial charge in [0.15, 0.2) is 11.6 Å². The van der Waals surface area contributed by atoms with E-state index in [4.69, 9.17) is 14.0 Å². The van der Waals surface area contributed by atoms with Gasteiger partial charge in [0.05, 0.1) is 0 Å². The zero-order valence-electron chi connectivity index (χ0n) is 10.0. The van der Waals surface area contributed by atoms with Crippen LogP contribution in [-0.2, 0) is 6.42 Å². The van der Waals surface area contributed by atoms with Gasteiger partial charge in [-0.1, -0.05) is 5.16 Å². The summed E-state index contributed by atoms with van der Waals surface area (Å²) in [5.74, 6) is -1.11. The van der Waals surface area contributed by atoms with Crippen molar-refractivity contribution in [2.75, 3.05) is 6.54 Å². The third-order valence-corrected chi connectivity index (χ3v) is 2.23. The lowest BCUT2D eigenvalue weighted by Gasteiger charge is -1.99. The monoisotopic (exact) mass is 265 g/mol. The highest BCUT2D eigenvalue weighted by Gasteiger charge is 2.14. The standard InChI is InChI=1S/C11H11N3O5/c1-6-13-9(19-14-6)4-5-12-10(15)7-2-3-8(18-7)11(16)17/h2-3H,4-5H2,1H3,(H,12,15)(H,16,17). The van der Waals surface area contributed by atoms with Crippen molar-refractivity contribution in [1.29, 1.82) is 0 Å². The SMILES string of the molecule is Cc1noc(CCNC(=O)c2ccc(C(=O)O)o2)n1. The maximum absolute atomic E-state index is 11.6. The van der Waals surface area contributed by atoms with Crippen LogP contribution in [0.15, 0.2) is 21.1 Å². The van der Waals surface area contributed by atoms with E-state index in [-0.39, 0.29) is 18.1 Å². The molecule has 1 amide bonds. The lowest BCUT2D eigenvalue weighted by Crippen LogP contribution is -2.25. The van der Waals surface area contributed by atoms with Crippen molar-refractivity contribution >= 4 is 11.9 Å². The van der Waals surface area contributed by atoms with E-state index >= 15 is 0 Å². The Kier molecular flexibility index (Phi) is 3.60. The molecule has 8 heteroatoms. The van der Waals surface area contributed by atoms with Gasteiger partial charge < -0.3 is 19.4 Å². The molecule has 8 nitrogen and oxygen atoms in total. The zero-order chi connectivity index (χ0) is 13.8. The molecule has 2 N–H and O–H groups in total. The zero-order valence-corrected chi connectivity index (χ0v) is 10.0. The molecule has 100 valence electrons. The number of rotatable bonds is 5. The molecule has 0 spiro atoms. The average Bonchev–Trinajstić information content (AvgIpc) is 2.98. The van der Waals surface area contributed by atoms with Gasteiger partial charge in [-0.2, -0.15) is 4.98 Å². The van der Waals surface area contributed by atoms with Gasteiger partial charge >= 0.3 is 5.97 Å². The number of hydrogen-bond acceptors (Lipinski definition) is 6. The Morgan fingerprint density at radius 1 is 1.37 bits per heavy atom. The predicted octanol–water partition coefficient (Wildman–Crippen LogP) is 0.642. The van der Waals surface area contributed by atoms with Crippen molar-refractivity contribution in [1.82, 2.24) is 15.5 Å². The number of carbonyl (C=O) groups is 2. The number of aromatic nitrogens is 2. The Labute approximate surface area is 107 Å². The van der Waals surface area contributed by atoms with Crippen molar-refractivity contribution < 1.29 is 23.6 Å². The molecule has 2 heterocycles. The van der Waals surface area contributed by atoms with Gasteiger partial charge in [0, 0.05) is 13.0 Å². The first-order valence-electron chi connectivity index (χ1n) is 5.47. The van der Waals surface area contributed by atoms with Crippen LogP contribution in [-0.4, -0.2) is 33.7 Å². The second kappa shape index (κ2) is 5.34. The van der Waals surface area contributed by atoms with Crippen LogP contribution in [0.5, 0.6) is 0 Å². The Hall–Kier alpha value is -2.64. The lowest BCUT2D eigenvalue weighted by atomic mass is 10.3. The minimum absolute atomic E-state index is 0.0564. The predicted molar refractivity (Wildman–Crippen MR) is 60.7 cm³/mol. The number of nitrogens with zero attached hydrogens (tertiary/aromatic N) is 2. The van der Waals surface area contributed by atoms with Crippen LogP contribution >= 0.6 is 0 Å². The van der Waals surface area contributed by atoms with E-state index < -0.39 is 11.9 Å². The number of carbonyl (C=O) groups excluding carboxylic acids is 1. The van der Waals surface area contributed by atoms with Crippen LogP contribution < -0.4 is 5.32 Å². The van der Waals surface area contributed by atoms with Gasteiger partial charge in [0.2, 0.25) is 11.7 Å². The topological polar surface area (TPSA) is 118 Å². The summed E-state index contributed by atoms with van der Waals surface area (Å²) in [7, 11) is 0. The van der Waals surface area contributed by atoms with Crippen molar-refractivity contribution in [2.45, 2.75) is 13.3 Å². The average molecular weight is 265 g/mol. The molecule has 0 aliphatic carbocycles. The van der Waals surface area contributed by atoms with Gasteiger partial charge in [0.1, 0.15) is 0 Å². The molecule has 0 aliphatic rings. The van der Waals surface area contributed by atoms with Crippen molar-refractivity contribution in [3.8, 4) is 0 Å². The molecule has 0 atom stereocenters. The second-order valence-electron chi connectivity index (χ2n) is 3.71. The fourth-order valence-electron chi connectivity index (χ4n) is 1.39. The first-order valence-corrected chi connectivity index (χ1v) is 5.47. The fraction of sp³-hybridized carbons (Fsp3) is 0.273. The molecule has 0 radical (unpaired) electrons. The van der Waals surface area contributed by atoms with Crippen LogP contribution in [0.1, 0.15) is 32.8 Å². The Morgan fingerprint density at radius 3 is 2.68 bits per heavy atom. The molecule has 0 saturated heterocycles. The van der Waals surface area contributed by atoms with Gasteiger partial charge in [-0.3, -0.25) is 4.79 Å². The molecule has 0 unspecified atom stereocenters. The first-order chi connectivity index (χ1) is 9.06. The summed E-state index contributed by atoms with van der Waals surface area (Å²) in [4.78, 5) is 26.2. The lowest BCUT2D eigenvalue weighted by molar-refractivity contribution is 0.0659. The number of amides is 1. The van der Waals surface area contributed by atoms with E-state index in [1.807, 2.05) is 0 Å². The summed E-state index contributed by atoms with van der Waals surface area (Å²) in [6.07, 6.45) is 0.388. The van der Waals surface area contributed by atoms with Gasteiger partial charge in [-0.05, 0) is 19.1 Å². The molecule has 0 aliphatic heterocycles. The van der Waals surface area contributed by atoms with Crippen molar-refractivity contribution in [3.05, 3.63) is 35.4 Å². The largest absolute Gasteiger partial charge is 0.475 e. The highest BCUT2D eigenvalue weighted by atomic mass is 16.5. The summed E-state index contributed by atoms with van der Waals surface area (Å²) in [5.41, 5.74) is 0. The summed E-state index contributed by atoms with van der Waals surface area (Å²) in [6.45, 7) is 1.98. The molecular formula is C11H11N3O5. The molecule has 0 aromatic carbocycles. The van der Waals surface area contributed by atoms with E-state index in [1.54, 1.807) is 6.92 Å². The molecule has 2 rings (SSSR count). The molecule has 2 aromatic rings. The third kappa shape index (κ3) is 3.18. The highest BCUT2D eigenvalue weighted by molar-refractivity contribution is 5.93. The Balaban J connectivity index is 1.85. The number of aryl methyl sites for hydroxylation is 1. The molecular weight excluding hydrogens is 254 g/mol. The van der Waals surface area contributed by atoms with Crippen molar-refractivity contribution in [2.24, 2.45) is 0 Å². The number of aromatic carboxylic acids is 1. The van der Waals surface area contributed by atoms with Crippen LogP contribution in [0, 0.1) is 6.92 Å². The van der Waals surface area contributed by atoms with Gasteiger partial charge in [-0.15, -0.1) is 0 Å². The maximum atomic E-state index is 11.6. The van der Waals surface area contributed by atoms with Crippen LogP contribution in [0.25, 0.3) is 0 Å². The first kappa shape index (κ1) is 12.8. The Bertz CT molecular complexity index is 601. The Morgan fingerprint density at radius 2 is 2.11 bits per heavy atom. The van der Waals surface area contributed by atoms with Crippen LogP contribution in [0.2, 0.25) is 0 Å². The molecule has 0 bridgehead atoms. The van der Waals surface area contributed by atoms with Crippen LogP contribution in [0.4, 0.5) is 0 Å². The molecule has 19 heavy (non-hydrogen) atoms. The number of hydrogen-bond donors (Lipinski definition) is 2. The molecule has 0 fully saturated rings. The second-order valence-corrected chi connectivity index (χ2v) is 3.71. The number of carboxylic acid groups (broad SMARTS) is 1. The summed E-state index contributed by atoms with van der Waals surface area (Å²) >= 11 is 0. The molecule has 2 aromatic heterocycles. The van der Waals surface area contributed by atoms with Crippen LogP contribution in [0.3, 0.4) is 0 Å². The van der Waals surface area contributed by atoms with E-state index in [2.05, 4.69) is 15.5 Å². The quantitative estimate of drug-likeness (QED) is 0.814. The van der Waals surface area contributed by atoms with Gasteiger partial charge in [0.25, 0.3) is 5.91 Å². The minimum Gasteiger partial charge on any atom is -0.475 e. The smallest absolute Gasteiger partial charge is 0.371 e. The van der Waals surface area contributed by atoms with Gasteiger partial charge in [-0.25, -0.2) is 4.79 Å². The fourth-order valence-corrected chi connectivity index (χ4v) is 1.39. The number of carboxylic acids is 1. The van der Waals surface area contributed by atoms with E-state index in [0.717, 1.165) is 0 Å². The highest BCUT2D eigenvalue weighted by Crippen LogP contribution is 2.07. The summed E-state index contributed by atoms with van der Waals surface area (Å²) in [5, 5.41) is 14.8. The normalized spacial score (nSPS) is 10.4. The van der Waals surface area contributed by atoms with E-state index in [0.29, 0.717) is 18.1 Å². The number of furan rings is 1. The summed E-state index contributed by atoms with van der Waals surface area (Å²) in [6, 6.07) is 2.52. The maximum Gasteiger partial charge on any atom is 0.371 e. The molecule has 0 saturated carbocycles. The third-order valence-electron chi connectivity index (χ3n) is 2.23.